The number of nitrogens with one attached hydrogen (secondary N) is 2. The number of para-hydroxylation sites is 1. The number of urea groups is 1. The molecule has 138 valence electrons. The third-order valence-electron chi connectivity index (χ3n) is 4.59. The van der Waals surface area contributed by atoms with Gasteiger partial charge in [0.05, 0.1) is 19.2 Å². The van der Waals surface area contributed by atoms with E-state index < -0.39 is 12.7 Å². The fraction of sp³-hybridized carbons (Fsp3) is 0.588. The minimum atomic E-state index is -4.17. The van der Waals surface area contributed by atoms with E-state index in [1.807, 2.05) is 24.3 Å². The number of hydrogen-bond acceptors (Lipinski definition) is 3. The molecule has 3 rings (SSSR count). The number of ether oxygens (including phenoxy) is 1. The summed E-state index contributed by atoms with van der Waals surface area (Å²) in [6, 6.07) is 7.16. The Balaban J connectivity index is 1.44. The molecule has 8 heteroatoms. The van der Waals surface area contributed by atoms with Gasteiger partial charge in [-0.15, -0.1) is 0 Å². The number of carbonyl (C=O) groups excluding carboxylic acids is 1. The van der Waals surface area contributed by atoms with Crippen LogP contribution in [0, 0.1) is 5.92 Å². The van der Waals surface area contributed by atoms with Gasteiger partial charge in [0.2, 0.25) is 0 Å². The molecule has 2 heterocycles. The van der Waals surface area contributed by atoms with Crippen LogP contribution < -0.4 is 15.4 Å². The van der Waals surface area contributed by atoms with Gasteiger partial charge < -0.3 is 15.4 Å². The summed E-state index contributed by atoms with van der Waals surface area (Å²) in [5, 5.41) is 5.71. The van der Waals surface area contributed by atoms with E-state index in [0.717, 1.165) is 11.3 Å². The van der Waals surface area contributed by atoms with Crippen LogP contribution >= 0.6 is 0 Å². The Hall–Kier alpha value is -1.96. The molecule has 2 atom stereocenters. The highest BCUT2D eigenvalue weighted by Crippen LogP contribution is 2.31. The van der Waals surface area contributed by atoms with Crippen LogP contribution in [-0.4, -0.2) is 49.9 Å². The highest BCUT2D eigenvalue weighted by Gasteiger charge is 2.34. The van der Waals surface area contributed by atoms with Crippen molar-refractivity contribution in [2.75, 3.05) is 32.8 Å². The molecule has 2 N–H and O–H groups in total. The first-order chi connectivity index (χ1) is 11.9. The summed E-state index contributed by atoms with van der Waals surface area (Å²) in [6.45, 7) is 0.817. The second-order valence-corrected chi connectivity index (χ2v) is 6.59. The van der Waals surface area contributed by atoms with Crippen molar-refractivity contribution in [2.45, 2.75) is 25.1 Å². The van der Waals surface area contributed by atoms with Crippen LogP contribution in [0.5, 0.6) is 5.75 Å². The number of fused-ring (bicyclic) bond motifs is 1. The van der Waals surface area contributed by atoms with Gasteiger partial charge in [-0.25, -0.2) is 4.79 Å². The van der Waals surface area contributed by atoms with Gasteiger partial charge in [-0.1, -0.05) is 18.2 Å². The van der Waals surface area contributed by atoms with Gasteiger partial charge in [-0.05, 0) is 24.9 Å². The van der Waals surface area contributed by atoms with Crippen LogP contribution in [0.25, 0.3) is 0 Å². The van der Waals surface area contributed by atoms with Crippen molar-refractivity contribution >= 4 is 6.03 Å². The molecule has 25 heavy (non-hydrogen) atoms. The van der Waals surface area contributed by atoms with Crippen LogP contribution in [0.15, 0.2) is 24.3 Å². The van der Waals surface area contributed by atoms with E-state index in [9.17, 15) is 18.0 Å². The predicted molar refractivity (Wildman–Crippen MR) is 86.4 cm³/mol. The molecule has 1 aromatic carbocycles. The normalized spacial score (nSPS) is 23.6. The zero-order chi connectivity index (χ0) is 17.9. The van der Waals surface area contributed by atoms with Gasteiger partial charge >= 0.3 is 12.2 Å². The van der Waals surface area contributed by atoms with Crippen LogP contribution in [0.4, 0.5) is 18.0 Å². The molecule has 1 aromatic rings. The second kappa shape index (κ2) is 7.51. The molecule has 2 aliphatic heterocycles. The van der Waals surface area contributed by atoms with Crippen molar-refractivity contribution in [3.8, 4) is 5.75 Å². The third-order valence-corrected chi connectivity index (χ3v) is 4.59. The van der Waals surface area contributed by atoms with Gasteiger partial charge in [0.25, 0.3) is 0 Å². The molecule has 0 bridgehead atoms. The van der Waals surface area contributed by atoms with E-state index in [4.69, 9.17) is 4.74 Å². The summed E-state index contributed by atoms with van der Waals surface area (Å²) in [5.41, 5.74) is 0.945. The van der Waals surface area contributed by atoms with Crippen molar-refractivity contribution in [3.05, 3.63) is 29.8 Å². The molecular weight excluding hydrogens is 335 g/mol. The average molecular weight is 357 g/mol. The first-order valence-electron chi connectivity index (χ1n) is 8.46. The van der Waals surface area contributed by atoms with Gasteiger partial charge in [0.1, 0.15) is 5.75 Å². The monoisotopic (exact) mass is 357 g/mol. The molecule has 0 aromatic heterocycles. The molecule has 0 radical (unpaired) electrons. The number of nitrogens with zero attached hydrogens (tertiary/aromatic N) is 1. The lowest BCUT2D eigenvalue weighted by Crippen LogP contribution is -2.42. The van der Waals surface area contributed by atoms with Crippen LogP contribution in [0.3, 0.4) is 0 Å². The Morgan fingerprint density at radius 3 is 2.88 bits per heavy atom. The average Bonchev–Trinajstić information content (AvgIpc) is 2.99. The molecular formula is C17H22F3N3O2. The summed E-state index contributed by atoms with van der Waals surface area (Å²) >= 11 is 0. The molecule has 0 unspecified atom stereocenters. The van der Waals surface area contributed by atoms with Crippen molar-refractivity contribution in [1.29, 1.82) is 0 Å². The minimum absolute atomic E-state index is 0.0510. The number of hydrogen-bond donors (Lipinski definition) is 2. The summed E-state index contributed by atoms with van der Waals surface area (Å²) in [5.74, 6) is 0.827. The fourth-order valence-corrected chi connectivity index (χ4v) is 3.41. The number of benzene rings is 1. The Morgan fingerprint density at radius 1 is 1.28 bits per heavy atom. The Morgan fingerprint density at radius 2 is 2.08 bits per heavy atom. The van der Waals surface area contributed by atoms with E-state index in [1.165, 1.54) is 4.90 Å². The van der Waals surface area contributed by atoms with Crippen molar-refractivity contribution in [2.24, 2.45) is 5.92 Å². The number of likely N-dealkylation sites (tertiary alicyclic amines) is 1. The van der Waals surface area contributed by atoms with Gasteiger partial charge in [0, 0.05) is 25.1 Å². The van der Waals surface area contributed by atoms with Crippen molar-refractivity contribution < 1.29 is 22.7 Å². The third kappa shape index (κ3) is 5.01. The number of halogens is 3. The van der Waals surface area contributed by atoms with E-state index in [2.05, 4.69) is 10.6 Å². The van der Waals surface area contributed by atoms with Gasteiger partial charge in [0.15, 0.2) is 0 Å². The van der Waals surface area contributed by atoms with E-state index in [0.29, 0.717) is 39.1 Å². The molecule has 1 fully saturated rings. The molecule has 5 nitrogen and oxygen atoms in total. The fourth-order valence-electron chi connectivity index (χ4n) is 3.41. The Labute approximate surface area is 144 Å². The number of amides is 2. The summed E-state index contributed by atoms with van der Waals surface area (Å²) in [6.07, 6.45) is -2.82. The minimum Gasteiger partial charge on any atom is -0.493 e. The SMILES string of the molecule is O=C(NC[C@@H]1CCN(CC(F)(F)F)C1)N[C@H]1CCOc2ccccc21. The number of carbonyl (C=O) groups is 1. The largest absolute Gasteiger partial charge is 0.493 e. The first-order valence-corrected chi connectivity index (χ1v) is 8.46. The van der Waals surface area contributed by atoms with Crippen LogP contribution in [-0.2, 0) is 0 Å². The zero-order valence-corrected chi connectivity index (χ0v) is 13.8. The summed E-state index contributed by atoms with van der Waals surface area (Å²) < 4.78 is 42.8. The standard InChI is InChI=1S/C17H22F3N3O2/c18-17(19,20)11-23-7-5-12(10-23)9-21-16(24)22-14-6-8-25-15-4-2-1-3-13(14)15/h1-4,12,14H,5-11H2,(H2,21,22,24)/t12-,14-/m0/s1. The Kier molecular flexibility index (Phi) is 5.36. The highest BCUT2D eigenvalue weighted by molar-refractivity contribution is 5.74. The zero-order valence-electron chi connectivity index (χ0n) is 13.8. The quantitative estimate of drug-likeness (QED) is 0.871. The second-order valence-electron chi connectivity index (χ2n) is 6.59. The molecule has 2 amide bonds. The van der Waals surface area contributed by atoms with E-state index in [1.54, 1.807) is 0 Å². The topological polar surface area (TPSA) is 53.6 Å². The summed E-state index contributed by atoms with van der Waals surface area (Å²) in [7, 11) is 0. The molecule has 0 saturated carbocycles. The first kappa shape index (κ1) is 17.8. The van der Waals surface area contributed by atoms with E-state index in [-0.39, 0.29) is 18.0 Å². The lowest BCUT2D eigenvalue weighted by Gasteiger charge is -2.27. The maximum Gasteiger partial charge on any atom is 0.401 e. The lowest BCUT2D eigenvalue weighted by molar-refractivity contribution is -0.143. The molecule has 2 aliphatic rings. The highest BCUT2D eigenvalue weighted by atomic mass is 19.4. The number of rotatable bonds is 4. The lowest BCUT2D eigenvalue weighted by atomic mass is 10.0. The summed E-state index contributed by atoms with van der Waals surface area (Å²) in [4.78, 5) is 13.5. The smallest absolute Gasteiger partial charge is 0.401 e. The molecule has 0 aliphatic carbocycles. The van der Waals surface area contributed by atoms with Gasteiger partial charge in [-0.2, -0.15) is 13.2 Å². The van der Waals surface area contributed by atoms with Crippen LogP contribution in [0.2, 0.25) is 0 Å². The predicted octanol–water partition coefficient (Wildman–Crippen LogP) is 2.69. The molecule has 0 spiro atoms. The van der Waals surface area contributed by atoms with E-state index >= 15 is 0 Å². The van der Waals surface area contributed by atoms with Crippen molar-refractivity contribution in [1.82, 2.24) is 15.5 Å². The van der Waals surface area contributed by atoms with Crippen LogP contribution in [0.1, 0.15) is 24.4 Å². The maximum absolute atomic E-state index is 12.4. The Bertz CT molecular complexity index is 609. The van der Waals surface area contributed by atoms with Gasteiger partial charge in [-0.3, -0.25) is 4.90 Å². The maximum atomic E-state index is 12.4. The molecule has 1 saturated heterocycles. The van der Waals surface area contributed by atoms with Crippen molar-refractivity contribution in [3.63, 3.8) is 0 Å². The number of alkyl halides is 3.